The van der Waals surface area contributed by atoms with Gasteiger partial charge in [0.2, 0.25) is 5.91 Å². The molecule has 2 aliphatic rings. The number of carboxylic acids is 1. The zero-order valence-corrected chi connectivity index (χ0v) is 11.7. The van der Waals surface area contributed by atoms with Crippen LogP contribution in [0.5, 0.6) is 0 Å². The van der Waals surface area contributed by atoms with Gasteiger partial charge in [-0.1, -0.05) is 6.08 Å². The number of amides is 5. The number of carbonyl (C=O) groups excluding carboxylic acids is 4. The molecule has 0 aromatic carbocycles. The second-order valence-electron chi connectivity index (χ2n) is 4.96. The second kappa shape index (κ2) is 5.96. The summed E-state index contributed by atoms with van der Waals surface area (Å²) in [6, 6.07) is -1.85. The van der Waals surface area contributed by atoms with Crippen LogP contribution in [0.15, 0.2) is 12.7 Å². The van der Waals surface area contributed by atoms with Gasteiger partial charge < -0.3 is 10.0 Å². The molecule has 0 aliphatic carbocycles. The summed E-state index contributed by atoms with van der Waals surface area (Å²) in [6.45, 7) is 2.86. The van der Waals surface area contributed by atoms with Crippen LogP contribution in [0.25, 0.3) is 0 Å². The molecule has 1 N–H and O–H groups in total. The Morgan fingerprint density at radius 3 is 2.45 bits per heavy atom. The van der Waals surface area contributed by atoms with E-state index in [-0.39, 0.29) is 13.1 Å². The van der Waals surface area contributed by atoms with Crippen molar-refractivity contribution in [2.75, 3.05) is 19.6 Å². The van der Waals surface area contributed by atoms with Crippen molar-refractivity contribution in [2.24, 2.45) is 0 Å². The summed E-state index contributed by atoms with van der Waals surface area (Å²) in [5.74, 6) is -3.91. The number of hydrogen-bond donors (Lipinski definition) is 1. The number of nitrogens with zero attached hydrogens (tertiary/aromatic N) is 3. The number of rotatable bonds is 5. The van der Waals surface area contributed by atoms with Crippen molar-refractivity contribution >= 4 is 29.7 Å². The van der Waals surface area contributed by atoms with Gasteiger partial charge >= 0.3 is 23.8 Å². The topological polar surface area (TPSA) is 115 Å². The minimum atomic E-state index is -1.13. The van der Waals surface area contributed by atoms with E-state index in [2.05, 4.69) is 6.58 Å². The van der Waals surface area contributed by atoms with Crippen molar-refractivity contribution < 1.29 is 29.1 Å². The van der Waals surface area contributed by atoms with Crippen LogP contribution in [-0.2, 0) is 19.2 Å². The van der Waals surface area contributed by atoms with E-state index in [0.717, 1.165) is 4.90 Å². The summed E-state index contributed by atoms with van der Waals surface area (Å²) in [5.41, 5.74) is 0. The number of carbonyl (C=O) groups is 5. The van der Waals surface area contributed by atoms with Gasteiger partial charge in [-0.2, -0.15) is 0 Å². The van der Waals surface area contributed by atoms with Crippen LogP contribution in [0, 0.1) is 0 Å². The number of imide groups is 2. The molecule has 118 valence electrons. The van der Waals surface area contributed by atoms with E-state index in [1.807, 2.05) is 0 Å². The molecule has 9 heteroatoms. The first kappa shape index (κ1) is 15.7. The average Bonchev–Trinajstić information content (AvgIpc) is 3.03. The van der Waals surface area contributed by atoms with Crippen molar-refractivity contribution in [1.82, 2.24) is 14.7 Å². The van der Waals surface area contributed by atoms with Crippen LogP contribution in [0.2, 0.25) is 0 Å². The highest BCUT2D eigenvalue weighted by molar-refractivity contribution is 6.45. The van der Waals surface area contributed by atoms with E-state index in [0.29, 0.717) is 22.6 Å². The Balaban J connectivity index is 2.10. The van der Waals surface area contributed by atoms with Gasteiger partial charge in [-0.05, 0) is 12.8 Å². The number of aliphatic carboxylic acids is 1. The highest BCUT2D eigenvalue weighted by Gasteiger charge is 2.46. The minimum Gasteiger partial charge on any atom is -0.480 e. The highest BCUT2D eigenvalue weighted by Crippen LogP contribution is 2.19. The lowest BCUT2D eigenvalue weighted by Crippen LogP contribution is -2.47. The van der Waals surface area contributed by atoms with Gasteiger partial charge in [-0.3, -0.25) is 19.3 Å². The molecule has 2 saturated heterocycles. The SMILES string of the molecule is C=CCN1C(=O)C(=O)N(CC(=O)N2CCCC2C(=O)O)C1=O. The summed E-state index contributed by atoms with van der Waals surface area (Å²) < 4.78 is 0. The van der Waals surface area contributed by atoms with E-state index < -0.39 is 42.3 Å². The van der Waals surface area contributed by atoms with Crippen LogP contribution in [-0.4, -0.2) is 75.2 Å². The normalized spacial score (nSPS) is 21.7. The Morgan fingerprint density at radius 1 is 1.23 bits per heavy atom. The quantitative estimate of drug-likeness (QED) is 0.397. The molecule has 1 unspecified atom stereocenters. The highest BCUT2D eigenvalue weighted by atomic mass is 16.4. The second-order valence-corrected chi connectivity index (χ2v) is 4.96. The zero-order chi connectivity index (χ0) is 16.4. The first-order chi connectivity index (χ1) is 10.4. The monoisotopic (exact) mass is 309 g/mol. The first-order valence-corrected chi connectivity index (χ1v) is 6.69. The predicted molar refractivity (Wildman–Crippen MR) is 71.4 cm³/mol. The number of likely N-dealkylation sites (tertiary alicyclic amines) is 1. The van der Waals surface area contributed by atoms with Crippen LogP contribution in [0.4, 0.5) is 4.79 Å². The van der Waals surface area contributed by atoms with Crippen molar-refractivity contribution in [3.05, 3.63) is 12.7 Å². The van der Waals surface area contributed by atoms with Crippen molar-refractivity contribution in [3.63, 3.8) is 0 Å². The van der Waals surface area contributed by atoms with Gasteiger partial charge in [0.1, 0.15) is 12.6 Å². The summed E-state index contributed by atoms with van der Waals surface area (Å²) in [5, 5.41) is 9.04. The molecule has 0 spiro atoms. The van der Waals surface area contributed by atoms with Crippen LogP contribution in [0.1, 0.15) is 12.8 Å². The van der Waals surface area contributed by atoms with Gasteiger partial charge in [0, 0.05) is 13.1 Å². The van der Waals surface area contributed by atoms with Gasteiger partial charge in [0.15, 0.2) is 0 Å². The third-order valence-electron chi connectivity index (χ3n) is 3.60. The van der Waals surface area contributed by atoms with E-state index in [9.17, 15) is 24.0 Å². The van der Waals surface area contributed by atoms with Crippen LogP contribution in [0.3, 0.4) is 0 Å². The van der Waals surface area contributed by atoms with Crippen molar-refractivity contribution in [2.45, 2.75) is 18.9 Å². The number of carboxylic acid groups (broad SMARTS) is 1. The Labute approximate surface area is 125 Å². The molecule has 0 bridgehead atoms. The fraction of sp³-hybridized carbons (Fsp3) is 0.462. The lowest BCUT2D eigenvalue weighted by atomic mass is 10.2. The van der Waals surface area contributed by atoms with Gasteiger partial charge in [0.05, 0.1) is 0 Å². The van der Waals surface area contributed by atoms with E-state index >= 15 is 0 Å². The standard InChI is InChI=1S/C13H15N3O6/c1-2-5-15-10(18)11(19)16(13(15)22)7-9(17)14-6-3-4-8(14)12(20)21/h2,8H,1,3-7H2,(H,20,21). The molecule has 0 saturated carbocycles. The Bertz CT molecular complexity index is 572. The third kappa shape index (κ3) is 2.57. The molecule has 2 rings (SSSR count). The van der Waals surface area contributed by atoms with Crippen molar-refractivity contribution in [1.29, 1.82) is 0 Å². The van der Waals surface area contributed by atoms with E-state index in [1.54, 1.807) is 0 Å². The molecule has 2 heterocycles. The molecular formula is C13H15N3O6. The molecule has 0 radical (unpaired) electrons. The maximum absolute atomic E-state index is 12.1. The molecule has 9 nitrogen and oxygen atoms in total. The molecular weight excluding hydrogens is 294 g/mol. The maximum Gasteiger partial charge on any atom is 0.335 e. The number of urea groups is 1. The molecule has 22 heavy (non-hydrogen) atoms. The third-order valence-corrected chi connectivity index (χ3v) is 3.60. The summed E-state index contributed by atoms with van der Waals surface area (Å²) >= 11 is 0. The summed E-state index contributed by atoms with van der Waals surface area (Å²) in [4.78, 5) is 60.9. The summed E-state index contributed by atoms with van der Waals surface area (Å²) in [6.07, 6.45) is 2.14. The fourth-order valence-electron chi connectivity index (χ4n) is 2.53. The van der Waals surface area contributed by atoms with Crippen molar-refractivity contribution in [3.8, 4) is 0 Å². The molecule has 0 aromatic heterocycles. The molecule has 0 aromatic rings. The van der Waals surface area contributed by atoms with Gasteiger partial charge in [0.25, 0.3) is 0 Å². The Morgan fingerprint density at radius 2 is 1.86 bits per heavy atom. The van der Waals surface area contributed by atoms with Crippen LogP contribution < -0.4 is 0 Å². The largest absolute Gasteiger partial charge is 0.480 e. The van der Waals surface area contributed by atoms with Gasteiger partial charge in [-0.25, -0.2) is 14.5 Å². The predicted octanol–water partition coefficient (Wildman–Crippen LogP) is -0.961. The minimum absolute atomic E-state index is 0.129. The Hall–Kier alpha value is -2.71. The first-order valence-electron chi connectivity index (χ1n) is 6.69. The average molecular weight is 309 g/mol. The maximum atomic E-state index is 12.1. The zero-order valence-electron chi connectivity index (χ0n) is 11.7. The van der Waals surface area contributed by atoms with Crippen LogP contribution >= 0.6 is 0 Å². The van der Waals surface area contributed by atoms with E-state index in [4.69, 9.17) is 5.11 Å². The smallest absolute Gasteiger partial charge is 0.335 e. The van der Waals surface area contributed by atoms with Gasteiger partial charge in [-0.15, -0.1) is 6.58 Å². The molecule has 2 fully saturated rings. The summed E-state index contributed by atoms with van der Waals surface area (Å²) in [7, 11) is 0. The molecule has 5 amide bonds. The molecule has 1 atom stereocenters. The molecule has 2 aliphatic heterocycles. The van der Waals surface area contributed by atoms with E-state index in [1.165, 1.54) is 6.08 Å². The number of hydrogen-bond acceptors (Lipinski definition) is 5. The Kier molecular flexibility index (Phi) is 4.25. The lowest BCUT2D eigenvalue weighted by molar-refractivity contribution is -0.149. The lowest BCUT2D eigenvalue weighted by Gasteiger charge is -2.23. The fourth-order valence-corrected chi connectivity index (χ4v) is 2.53.